The zero-order valence-electron chi connectivity index (χ0n) is 11.9. The number of sulfonamides is 1. The minimum absolute atomic E-state index is 0.291. The zero-order chi connectivity index (χ0) is 14.5. The van der Waals surface area contributed by atoms with Gasteiger partial charge in [-0.2, -0.15) is 4.31 Å². The highest BCUT2D eigenvalue weighted by atomic mass is 32.2. The van der Waals surface area contributed by atoms with Gasteiger partial charge in [-0.3, -0.25) is 0 Å². The molecule has 3 rings (SSSR count). The predicted molar refractivity (Wildman–Crippen MR) is 75.5 cm³/mol. The number of hydrogen-bond donors (Lipinski definition) is 0. The van der Waals surface area contributed by atoms with Crippen LogP contribution in [0.15, 0.2) is 17.0 Å². The van der Waals surface area contributed by atoms with Crippen LogP contribution in [0.3, 0.4) is 0 Å². The molecule has 2 fully saturated rings. The van der Waals surface area contributed by atoms with Gasteiger partial charge >= 0.3 is 0 Å². The Labute approximate surface area is 119 Å². The molecule has 1 aliphatic heterocycles. The van der Waals surface area contributed by atoms with Crippen LogP contribution >= 0.6 is 0 Å². The summed E-state index contributed by atoms with van der Waals surface area (Å²) in [5, 5.41) is 0. The fourth-order valence-corrected chi connectivity index (χ4v) is 5.79. The molecule has 2 aliphatic rings. The van der Waals surface area contributed by atoms with E-state index in [1.54, 1.807) is 18.2 Å². The van der Waals surface area contributed by atoms with Gasteiger partial charge in [-0.1, -0.05) is 6.42 Å². The second-order valence-corrected chi connectivity index (χ2v) is 8.02. The van der Waals surface area contributed by atoms with Gasteiger partial charge in [0.15, 0.2) is 0 Å². The van der Waals surface area contributed by atoms with E-state index in [1.165, 1.54) is 18.6 Å². The molecule has 1 aromatic rings. The first-order valence-electron chi connectivity index (χ1n) is 7.16. The molecule has 2 atom stereocenters. The van der Waals surface area contributed by atoms with Crippen LogP contribution in [0.25, 0.3) is 0 Å². The summed E-state index contributed by atoms with van der Waals surface area (Å²) in [5.41, 5.74) is 0.999. The lowest BCUT2D eigenvalue weighted by atomic mass is 10.0. The minimum atomic E-state index is -3.49. The van der Waals surface area contributed by atoms with E-state index in [4.69, 9.17) is 0 Å². The number of aryl methyl sites for hydroxylation is 2. The summed E-state index contributed by atoms with van der Waals surface area (Å²) < 4.78 is 40.6. The average molecular weight is 297 g/mol. The molecule has 0 spiro atoms. The molecular formula is C15H20FNO2S. The van der Waals surface area contributed by atoms with Crippen LogP contribution in [-0.2, 0) is 10.0 Å². The molecule has 110 valence electrons. The van der Waals surface area contributed by atoms with Crippen LogP contribution in [0.5, 0.6) is 0 Å². The van der Waals surface area contributed by atoms with Crippen molar-refractivity contribution in [3.8, 4) is 0 Å². The molecule has 1 aromatic carbocycles. The van der Waals surface area contributed by atoms with Crippen molar-refractivity contribution in [1.82, 2.24) is 4.31 Å². The molecule has 0 radical (unpaired) electrons. The van der Waals surface area contributed by atoms with Gasteiger partial charge in [0.1, 0.15) is 5.82 Å². The molecule has 1 aliphatic carbocycles. The van der Waals surface area contributed by atoms with Crippen molar-refractivity contribution in [3.63, 3.8) is 0 Å². The quantitative estimate of drug-likeness (QED) is 0.842. The molecule has 0 amide bonds. The smallest absolute Gasteiger partial charge is 0.207 e. The van der Waals surface area contributed by atoms with Crippen LogP contribution in [0.4, 0.5) is 4.39 Å². The van der Waals surface area contributed by atoms with Gasteiger partial charge in [0.2, 0.25) is 10.0 Å². The van der Waals surface area contributed by atoms with E-state index < -0.39 is 10.0 Å². The first kappa shape index (κ1) is 14.0. The molecule has 3 nitrogen and oxygen atoms in total. The van der Waals surface area contributed by atoms with Crippen LogP contribution in [0.1, 0.15) is 30.4 Å². The summed E-state index contributed by atoms with van der Waals surface area (Å²) in [6.45, 7) is 4.59. The van der Waals surface area contributed by atoms with Gasteiger partial charge in [0.05, 0.1) is 4.90 Å². The fourth-order valence-electron chi connectivity index (χ4n) is 3.82. The maximum Gasteiger partial charge on any atom is 0.243 e. The number of rotatable bonds is 2. The molecular weight excluding hydrogens is 277 g/mol. The molecule has 1 heterocycles. The maximum absolute atomic E-state index is 13.4. The van der Waals surface area contributed by atoms with Gasteiger partial charge < -0.3 is 0 Å². The Kier molecular flexibility index (Phi) is 3.37. The SMILES string of the molecule is Cc1cc(F)cc(C)c1S(=O)(=O)N1CC2CCCC2C1. The number of hydrogen-bond acceptors (Lipinski definition) is 2. The van der Waals surface area contributed by atoms with Gasteiger partial charge in [0, 0.05) is 13.1 Å². The van der Waals surface area contributed by atoms with Crippen molar-refractivity contribution in [2.45, 2.75) is 38.0 Å². The number of halogens is 1. The van der Waals surface area contributed by atoms with E-state index in [9.17, 15) is 12.8 Å². The second-order valence-electron chi connectivity index (χ2n) is 6.14. The zero-order valence-corrected chi connectivity index (χ0v) is 12.7. The average Bonchev–Trinajstić information content (AvgIpc) is 2.85. The Morgan fingerprint density at radius 3 is 2.10 bits per heavy atom. The van der Waals surface area contributed by atoms with E-state index in [0.717, 1.165) is 12.8 Å². The molecule has 0 aromatic heterocycles. The third-order valence-electron chi connectivity index (χ3n) is 4.72. The molecule has 20 heavy (non-hydrogen) atoms. The van der Waals surface area contributed by atoms with Crippen LogP contribution in [0, 0.1) is 31.5 Å². The van der Waals surface area contributed by atoms with Crippen LogP contribution in [-0.4, -0.2) is 25.8 Å². The molecule has 0 N–H and O–H groups in total. The lowest BCUT2D eigenvalue weighted by Gasteiger charge is -2.20. The third kappa shape index (κ3) is 2.17. The Morgan fingerprint density at radius 1 is 1.10 bits per heavy atom. The van der Waals surface area contributed by atoms with Crippen molar-refractivity contribution in [2.75, 3.05) is 13.1 Å². The van der Waals surface area contributed by atoms with E-state index in [-0.39, 0.29) is 5.82 Å². The fraction of sp³-hybridized carbons (Fsp3) is 0.600. The summed E-state index contributed by atoms with van der Waals surface area (Å²) >= 11 is 0. The number of benzene rings is 1. The van der Waals surface area contributed by atoms with Crippen molar-refractivity contribution >= 4 is 10.0 Å². The Morgan fingerprint density at radius 2 is 1.60 bits per heavy atom. The largest absolute Gasteiger partial charge is 0.243 e. The standard InChI is InChI=1S/C15H20FNO2S/c1-10-6-14(16)7-11(2)15(10)20(18,19)17-8-12-4-3-5-13(12)9-17/h6-7,12-13H,3-5,8-9H2,1-2H3. The highest BCUT2D eigenvalue weighted by molar-refractivity contribution is 7.89. The summed E-state index contributed by atoms with van der Waals surface area (Å²) in [6.07, 6.45) is 3.49. The lowest BCUT2D eigenvalue weighted by molar-refractivity contribution is 0.444. The minimum Gasteiger partial charge on any atom is -0.207 e. The Hall–Kier alpha value is -0.940. The monoisotopic (exact) mass is 297 g/mol. The normalized spacial score (nSPS) is 26.9. The van der Waals surface area contributed by atoms with E-state index in [2.05, 4.69) is 0 Å². The van der Waals surface area contributed by atoms with Gasteiger partial charge in [-0.05, 0) is 61.8 Å². The summed E-state index contributed by atoms with van der Waals surface area (Å²) in [6, 6.07) is 2.60. The Bertz CT molecular complexity index is 606. The second kappa shape index (κ2) is 4.81. The highest BCUT2D eigenvalue weighted by Crippen LogP contribution is 2.40. The third-order valence-corrected chi connectivity index (χ3v) is 6.85. The van der Waals surface area contributed by atoms with Crippen LogP contribution < -0.4 is 0 Å². The lowest BCUT2D eigenvalue weighted by Crippen LogP contribution is -2.30. The van der Waals surface area contributed by atoms with E-state index >= 15 is 0 Å². The van der Waals surface area contributed by atoms with Crippen molar-refractivity contribution in [2.24, 2.45) is 11.8 Å². The van der Waals surface area contributed by atoms with Gasteiger partial charge in [0.25, 0.3) is 0 Å². The number of nitrogens with zero attached hydrogens (tertiary/aromatic N) is 1. The Balaban J connectivity index is 1.97. The molecule has 2 unspecified atom stereocenters. The first-order chi connectivity index (χ1) is 9.39. The molecule has 0 bridgehead atoms. The van der Waals surface area contributed by atoms with Crippen molar-refractivity contribution in [1.29, 1.82) is 0 Å². The topological polar surface area (TPSA) is 37.4 Å². The maximum atomic E-state index is 13.4. The summed E-state index contributed by atoms with van der Waals surface area (Å²) in [4.78, 5) is 0.291. The van der Waals surface area contributed by atoms with E-state index in [0.29, 0.717) is 40.9 Å². The predicted octanol–water partition coefficient (Wildman–Crippen LogP) is 2.86. The van der Waals surface area contributed by atoms with Crippen molar-refractivity contribution in [3.05, 3.63) is 29.1 Å². The number of fused-ring (bicyclic) bond motifs is 1. The highest BCUT2D eigenvalue weighted by Gasteiger charge is 2.42. The van der Waals surface area contributed by atoms with Gasteiger partial charge in [-0.25, -0.2) is 12.8 Å². The van der Waals surface area contributed by atoms with E-state index in [1.807, 2.05) is 0 Å². The van der Waals surface area contributed by atoms with Crippen LogP contribution in [0.2, 0.25) is 0 Å². The summed E-state index contributed by atoms with van der Waals surface area (Å²) in [7, 11) is -3.49. The van der Waals surface area contributed by atoms with Crippen molar-refractivity contribution < 1.29 is 12.8 Å². The molecule has 5 heteroatoms. The summed E-state index contributed by atoms with van der Waals surface area (Å²) in [5.74, 6) is 0.661. The molecule has 1 saturated heterocycles. The van der Waals surface area contributed by atoms with Gasteiger partial charge in [-0.15, -0.1) is 0 Å². The first-order valence-corrected chi connectivity index (χ1v) is 8.60. The molecule has 1 saturated carbocycles.